The van der Waals surface area contributed by atoms with E-state index in [1.54, 1.807) is 0 Å². The molecule has 1 fully saturated rings. The lowest BCUT2D eigenvalue weighted by Gasteiger charge is -2.18. The van der Waals surface area contributed by atoms with Crippen LogP contribution in [0.2, 0.25) is 0 Å². The topological polar surface area (TPSA) is 40.1 Å². The molecule has 0 spiro atoms. The molecule has 3 aliphatic carbocycles. The van der Waals surface area contributed by atoms with Gasteiger partial charge in [0.15, 0.2) is 0 Å². The van der Waals surface area contributed by atoms with Gasteiger partial charge in [0.2, 0.25) is 0 Å². The molecule has 0 saturated heterocycles. The fourth-order valence-corrected chi connectivity index (χ4v) is 2.97. The first kappa shape index (κ1) is 9.50. The first-order valence-corrected chi connectivity index (χ1v) is 5.21. The predicted octanol–water partition coefficient (Wildman–Crippen LogP) is 1.14. The van der Waals surface area contributed by atoms with Gasteiger partial charge in [-0.2, -0.15) is 0 Å². The normalized spacial score (nSPS) is 40.6. The van der Waals surface area contributed by atoms with E-state index >= 15 is 0 Å². The second-order valence-corrected chi connectivity index (χ2v) is 4.34. The molecule has 0 aromatic rings. The minimum atomic E-state index is -1.08. The fourth-order valence-electron chi connectivity index (χ4n) is 2.97. The van der Waals surface area contributed by atoms with Crippen LogP contribution < -0.4 is 5.11 Å². The van der Waals surface area contributed by atoms with Gasteiger partial charge in [0.1, 0.15) is 0 Å². The number of carboxylic acids is 1. The minimum Gasteiger partial charge on any atom is -0.550 e. The maximum absolute atomic E-state index is 8.89. The van der Waals surface area contributed by atoms with Crippen LogP contribution in [-0.4, -0.2) is 5.97 Å². The Kier molecular flexibility index (Phi) is 2.44. The predicted molar refractivity (Wildman–Crippen MR) is 52.2 cm³/mol. The van der Waals surface area contributed by atoms with Crippen LogP contribution in [0.5, 0.6) is 0 Å². The second kappa shape index (κ2) is 3.60. The van der Waals surface area contributed by atoms with E-state index in [4.69, 9.17) is 9.90 Å². The third-order valence-corrected chi connectivity index (χ3v) is 3.46. The molecule has 4 atom stereocenters. The van der Waals surface area contributed by atoms with E-state index in [0.29, 0.717) is 0 Å². The number of hydrogen-bond acceptors (Lipinski definition) is 2. The summed E-state index contributed by atoms with van der Waals surface area (Å²) in [5.74, 6) is 2.74. The highest BCUT2D eigenvalue weighted by Gasteiger charge is 2.44. The third-order valence-electron chi connectivity index (χ3n) is 3.46. The number of rotatable bonds is 0. The van der Waals surface area contributed by atoms with Crippen molar-refractivity contribution in [1.29, 1.82) is 0 Å². The molecule has 0 aliphatic heterocycles. The molecule has 0 radical (unpaired) electrons. The summed E-state index contributed by atoms with van der Waals surface area (Å²) >= 11 is 0. The van der Waals surface area contributed by atoms with Crippen molar-refractivity contribution in [2.75, 3.05) is 0 Å². The number of fused-ring (bicyclic) bond motifs is 5. The lowest BCUT2D eigenvalue weighted by atomic mass is 9.86. The smallest absolute Gasteiger partial charge is 0.0383 e. The molecule has 1 saturated carbocycles. The van der Waals surface area contributed by atoms with E-state index in [9.17, 15) is 0 Å². The largest absolute Gasteiger partial charge is 0.550 e. The quantitative estimate of drug-likeness (QED) is 0.539. The molecule has 0 amide bonds. The van der Waals surface area contributed by atoms with Crippen LogP contribution in [0, 0.1) is 23.7 Å². The summed E-state index contributed by atoms with van der Waals surface area (Å²) in [5, 5.41) is 8.89. The highest BCUT2D eigenvalue weighted by molar-refractivity contribution is 5.60. The molecule has 3 aliphatic rings. The number of carbonyl (C=O) groups excluding carboxylic acids is 1. The molecule has 76 valence electrons. The maximum Gasteiger partial charge on any atom is 0.0383 e. The first-order valence-electron chi connectivity index (χ1n) is 5.21. The molecule has 2 nitrogen and oxygen atoms in total. The molecule has 0 aromatic heterocycles. The molecular weight excluding hydrogens is 176 g/mol. The van der Waals surface area contributed by atoms with Gasteiger partial charge >= 0.3 is 0 Å². The van der Waals surface area contributed by atoms with Gasteiger partial charge in [0.05, 0.1) is 0 Å². The average molecular weight is 191 g/mol. The summed E-state index contributed by atoms with van der Waals surface area (Å²) in [4.78, 5) is 8.89. The number of hydrogen-bond donors (Lipinski definition) is 0. The van der Waals surface area contributed by atoms with Gasteiger partial charge in [-0.3, -0.25) is 0 Å². The standard InChI is InChI=1S/C10H12.C2H4O2/c1-2-9-7-4-5-8(6-7)10(9)3-1;1-2(3)4/h1-2,4-5,7-10H,3,6H2;1H3,(H,3,4)/p-1. The molecule has 4 unspecified atom stereocenters. The monoisotopic (exact) mass is 191 g/mol. The van der Waals surface area contributed by atoms with E-state index in [1.807, 2.05) is 0 Å². The van der Waals surface area contributed by atoms with Gasteiger partial charge < -0.3 is 9.90 Å². The Bertz CT molecular complexity index is 287. The lowest BCUT2D eigenvalue weighted by molar-refractivity contribution is -0.302. The van der Waals surface area contributed by atoms with Gasteiger partial charge in [-0.1, -0.05) is 24.3 Å². The van der Waals surface area contributed by atoms with Crippen molar-refractivity contribution in [3.05, 3.63) is 24.3 Å². The van der Waals surface area contributed by atoms with E-state index in [2.05, 4.69) is 24.3 Å². The minimum absolute atomic E-state index is 0.925. The van der Waals surface area contributed by atoms with Crippen molar-refractivity contribution in [2.24, 2.45) is 23.7 Å². The maximum atomic E-state index is 8.89. The third kappa shape index (κ3) is 1.61. The van der Waals surface area contributed by atoms with Crippen molar-refractivity contribution in [3.63, 3.8) is 0 Å². The highest BCUT2D eigenvalue weighted by Crippen LogP contribution is 2.52. The Morgan fingerprint density at radius 3 is 2.57 bits per heavy atom. The summed E-state index contributed by atoms with van der Waals surface area (Å²) < 4.78 is 0. The van der Waals surface area contributed by atoms with Crippen molar-refractivity contribution < 1.29 is 9.90 Å². The average Bonchev–Trinajstić information content (AvgIpc) is 2.76. The number of aliphatic carboxylic acids is 1. The Morgan fingerprint density at radius 2 is 1.93 bits per heavy atom. The second-order valence-electron chi connectivity index (χ2n) is 4.34. The van der Waals surface area contributed by atoms with Crippen LogP contribution in [0.15, 0.2) is 24.3 Å². The zero-order chi connectivity index (χ0) is 10.1. The first-order chi connectivity index (χ1) is 6.68. The SMILES string of the molecule is C1=CC2C3C=CC(C3)C2C1.CC(=O)[O-]. The highest BCUT2D eigenvalue weighted by atomic mass is 16.4. The summed E-state index contributed by atoms with van der Waals surface area (Å²) in [6.45, 7) is 0.972. The molecule has 14 heavy (non-hydrogen) atoms. The molecule has 0 heterocycles. The van der Waals surface area contributed by atoms with Crippen molar-refractivity contribution >= 4 is 5.97 Å². The summed E-state index contributed by atoms with van der Waals surface area (Å²) in [6, 6.07) is 0. The summed E-state index contributed by atoms with van der Waals surface area (Å²) in [6.07, 6.45) is 12.5. The van der Waals surface area contributed by atoms with Crippen molar-refractivity contribution in [3.8, 4) is 0 Å². The molecule has 0 N–H and O–H groups in total. The molecule has 2 bridgehead atoms. The Hall–Kier alpha value is -1.05. The molecule has 3 rings (SSSR count). The van der Waals surface area contributed by atoms with Gasteiger partial charge in [-0.15, -0.1) is 0 Å². The van der Waals surface area contributed by atoms with Crippen LogP contribution in [0.4, 0.5) is 0 Å². The summed E-state index contributed by atoms with van der Waals surface area (Å²) in [5.41, 5.74) is 0. The van der Waals surface area contributed by atoms with Crippen LogP contribution in [0.25, 0.3) is 0 Å². The van der Waals surface area contributed by atoms with Crippen LogP contribution in [-0.2, 0) is 4.79 Å². The Labute approximate surface area is 84.3 Å². The van der Waals surface area contributed by atoms with E-state index in [0.717, 1.165) is 30.6 Å². The van der Waals surface area contributed by atoms with Gasteiger partial charge in [-0.05, 0) is 43.4 Å². The number of carboxylic acid groups (broad SMARTS) is 1. The Balaban J connectivity index is 0.000000165. The Morgan fingerprint density at radius 1 is 1.29 bits per heavy atom. The zero-order valence-corrected chi connectivity index (χ0v) is 8.35. The summed E-state index contributed by atoms with van der Waals surface area (Å²) in [7, 11) is 0. The molecule has 0 aromatic carbocycles. The van der Waals surface area contributed by atoms with Gasteiger partial charge in [-0.25, -0.2) is 0 Å². The van der Waals surface area contributed by atoms with Crippen molar-refractivity contribution in [2.45, 2.75) is 19.8 Å². The van der Waals surface area contributed by atoms with Crippen LogP contribution in [0.3, 0.4) is 0 Å². The molecule has 2 heteroatoms. The van der Waals surface area contributed by atoms with Crippen LogP contribution in [0.1, 0.15) is 19.8 Å². The van der Waals surface area contributed by atoms with Gasteiger partial charge in [0.25, 0.3) is 0 Å². The molecular formula is C12H15O2-. The zero-order valence-electron chi connectivity index (χ0n) is 8.35. The van der Waals surface area contributed by atoms with Gasteiger partial charge in [0, 0.05) is 5.97 Å². The van der Waals surface area contributed by atoms with E-state index in [1.165, 1.54) is 12.8 Å². The number of allylic oxidation sites excluding steroid dienone is 4. The van der Waals surface area contributed by atoms with E-state index < -0.39 is 5.97 Å². The fraction of sp³-hybridized carbons (Fsp3) is 0.583. The van der Waals surface area contributed by atoms with Crippen LogP contribution >= 0.6 is 0 Å². The van der Waals surface area contributed by atoms with E-state index in [-0.39, 0.29) is 0 Å². The number of carbonyl (C=O) groups is 1. The lowest BCUT2D eigenvalue weighted by Crippen LogP contribution is -2.16. The van der Waals surface area contributed by atoms with Crippen molar-refractivity contribution in [1.82, 2.24) is 0 Å².